The third-order valence-corrected chi connectivity index (χ3v) is 3.56. The Hall–Kier alpha value is -1.06. The number of hydrogen-bond donors (Lipinski definition) is 1. The summed E-state index contributed by atoms with van der Waals surface area (Å²) in [5.74, 6) is 1.03. The van der Waals surface area contributed by atoms with Crippen LogP contribution < -0.4 is 10.1 Å². The van der Waals surface area contributed by atoms with Gasteiger partial charge in [-0.1, -0.05) is 12.1 Å². The van der Waals surface area contributed by atoms with Gasteiger partial charge in [0.25, 0.3) is 0 Å². The predicted octanol–water partition coefficient (Wildman–Crippen LogP) is 2.91. The highest BCUT2D eigenvalue weighted by Gasteiger charge is 2.29. The number of fused-ring (bicyclic) bond motifs is 1. The number of nitrogens with one attached hydrogen (secondary N) is 1. The van der Waals surface area contributed by atoms with Crippen molar-refractivity contribution in [1.29, 1.82) is 0 Å². The Morgan fingerprint density at radius 2 is 2.11 bits per heavy atom. The Morgan fingerprint density at radius 1 is 1.37 bits per heavy atom. The molecule has 0 saturated heterocycles. The molecule has 106 valence electrons. The van der Waals surface area contributed by atoms with E-state index in [0.29, 0.717) is 0 Å². The van der Waals surface area contributed by atoms with Crippen molar-refractivity contribution >= 4 is 0 Å². The lowest BCUT2D eigenvalue weighted by Gasteiger charge is -2.23. The molecule has 1 heterocycles. The molecule has 1 aliphatic heterocycles. The van der Waals surface area contributed by atoms with E-state index in [1.54, 1.807) is 7.11 Å². The van der Waals surface area contributed by atoms with Gasteiger partial charge in [-0.3, -0.25) is 0 Å². The zero-order valence-electron chi connectivity index (χ0n) is 12.7. The minimum atomic E-state index is -0.123. The maximum absolute atomic E-state index is 5.88. The number of rotatable bonds is 5. The lowest BCUT2D eigenvalue weighted by atomic mass is 10.00. The fraction of sp³-hybridized carbons (Fsp3) is 0.625. The van der Waals surface area contributed by atoms with E-state index in [0.717, 1.165) is 25.3 Å². The van der Waals surface area contributed by atoms with Crippen molar-refractivity contribution < 1.29 is 9.47 Å². The van der Waals surface area contributed by atoms with Gasteiger partial charge in [0.05, 0.1) is 5.60 Å². The highest BCUT2D eigenvalue weighted by Crippen LogP contribution is 2.35. The molecule has 0 radical (unpaired) electrons. The van der Waals surface area contributed by atoms with Gasteiger partial charge in [-0.15, -0.1) is 0 Å². The quantitative estimate of drug-likeness (QED) is 0.886. The van der Waals surface area contributed by atoms with Crippen molar-refractivity contribution in [2.45, 2.75) is 51.9 Å². The van der Waals surface area contributed by atoms with Crippen LogP contribution in [0.25, 0.3) is 0 Å². The Labute approximate surface area is 116 Å². The molecule has 0 aromatic heterocycles. The van der Waals surface area contributed by atoms with Crippen LogP contribution in [0.1, 0.15) is 38.8 Å². The maximum Gasteiger partial charge on any atom is 0.123 e. The first-order chi connectivity index (χ1) is 8.81. The predicted molar refractivity (Wildman–Crippen MR) is 77.6 cm³/mol. The van der Waals surface area contributed by atoms with Gasteiger partial charge in [-0.25, -0.2) is 0 Å². The third kappa shape index (κ3) is 3.71. The summed E-state index contributed by atoms with van der Waals surface area (Å²) >= 11 is 0. The van der Waals surface area contributed by atoms with E-state index in [4.69, 9.17) is 9.47 Å². The van der Waals surface area contributed by atoms with Gasteiger partial charge < -0.3 is 14.8 Å². The van der Waals surface area contributed by atoms with E-state index in [-0.39, 0.29) is 11.2 Å². The summed E-state index contributed by atoms with van der Waals surface area (Å²) in [6.45, 7) is 10.1. The van der Waals surface area contributed by atoms with Crippen LogP contribution >= 0.6 is 0 Å². The molecule has 0 spiro atoms. The topological polar surface area (TPSA) is 30.5 Å². The summed E-state index contributed by atoms with van der Waals surface area (Å²) in [4.78, 5) is 0. The van der Waals surface area contributed by atoms with Gasteiger partial charge in [-0.2, -0.15) is 0 Å². The minimum absolute atomic E-state index is 0.0631. The Bertz CT molecular complexity index is 452. The van der Waals surface area contributed by atoms with Crippen LogP contribution in [0.5, 0.6) is 5.75 Å². The monoisotopic (exact) mass is 263 g/mol. The Kier molecular flexibility index (Phi) is 3.88. The second-order valence-electron chi connectivity index (χ2n) is 6.55. The Balaban J connectivity index is 1.94. The first-order valence-corrected chi connectivity index (χ1v) is 6.88. The van der Waals surface area contributed by atoms with Gasteiger partial charge in [0, 0.05) is 26.6 Å². The molecule has 19 heavy (non-hydrogen) atoms. The van der Waals surface area contributed by atoms with Crippen LogP contribution in [0.3, 0.4) is 0 Å². The minimum Gasteiger partial charge on any atom is -0.487 e. The van der Waals surface area contributed by atoms with Gasteiger partial charge in [0.2, 0.25) is 0 Å². The van der Waals surface area contributed by atoms with Crippen LogP contribution in [0.4, 0.5) is 0 Å². The van der Waals surface area contributed by atoms with Crippen LogP contribution in [-0.2, 0) is 17.7 Å². The SMILES string of the molecule is COC(C)(C)CNCc1ccc2c(c1)CC(C)(C)O2. The van der Waals surface area contributed by atoms with E-state index < -0.39 is 0 Å². The molecule has 0 aliphatic carbocycles. The van der Waals surface area contributed by atoms with Gasteiger partial charge in [0.1, 0.15) is 11.4 Å². The maximum atomic E-state index is 5.88. The Morgan fingerprint density at radius 3 is 2.79 bits per heavy atom. The third-order valence-electron chi connectivity index (χ3n) is 3.56. The second kappa shape index (κ2) is 5.14. The zero-order valence-corrected chi connectivity index (χ0v) is 12.7. The molecule has 1 aromatic rings. The first-order valence-electron chi connectivity index (χ1n) is 6.88. The van der Waals surface area contributed by atoms with Crippen molar-refractivity contribution in [1.82, 2.24) is 5.32 Å². The lowest BCUT2D eigenvalue weighted by molar-refractivity contribution is 0.0230. The molecule has 0 fully saturated rings. The van der Waals surface area contributed by atoms with Crippen molar-refractivity contribution in [3.05, 3.63) is 29.3 Å². The molecule has 3 heteroatoms. The summed E-state index contributed by atoms with van der Waals surface area (Å²) in [6, 6.07) is 6.46. The molecule has 1 N–H and O–H groups in total. The van der Waals surface area contributed by atoms with E-state index >= 15 is 0 Å². The zero-order chi connectivity index (χ0) is 14.1. The van der Waals surface area contributed by atoms with E-state index in [1.165, 1.54) is 11.1 Å². The average Bonchev–Trinajstić information content (AvgIpc) is 2.62. The van der Waals surface area contributed by atoms with E-state index in [9.17, 15) is 0 Å². The fourth-order valence-corrected chi connectivity index (χ4v) is 2.35. The normalized spacial score (nSPS) is 17.1. The van der Waals surface area contributed by atoms with Gasteiger partial charge in [0.15, 0.2) is 0 Å². The lowest BCUT2D eigenvalue weighted by Crippen LogP contribution is -2.36. The molecule has 2 rings (SSSR count). The van der Waals surface area contributed by atoms with Crippen LogP contribution in [0.2, 0.25) is 0 Å². The number of methoxy groups -OCH3 is 1. The number of benzene rings is 1. The van der Waals surface area contributed by atoms with Gasteiger partial charge in [-0.05, 0) is 44.9 Å². The van der Waals surface area contributed by atoms with Crippen LogP contribution in [-0.4, -0.2) is 24.9 Å². The van der Waals surface area contributed by atoms with Crippen molar-refractivity contribution in [3.63, 3.8) is 0 Å². The molecule has 1 aliphatic rings. The molecule has 0 unspecified atom stereocenters. The largest absolute Gasteiger partial charge is 0.487 e. The van der Waals surface area contributed by atoms with Crippen LogP contribution in [0, 0.1) is 0 Å². The summed E-state index contributed by atoms with van der Waals surface area (Å²) in [7, 11) is 1.75. The highest BCUT2D eigenvalue weighted by atomic mass is 16.5. The summed E-state index contributed by atoms with van der Waals surface area (Å²) in [6.07, 6.45) is 0.986. The summed E-state index contributed by atoms with van der Waals surface area (Å²) in [5.41, 5.74) is 2.43. The standard InChI is InChI=1S/C16H25NO2/c1-15(2)9-13-8-12(6-7-14(13)19-15)10-17-11-16(3,4)18-5/h6-8,17H,9-11H2,1-5H3. The molecule has 0 atom stereocenters. The number of hydrogen-bond acceptors (Lipinski definition) is 3. The molecule has 0 saturated carbocycles. The molecular formula is C16H25NO2. The molecule has 1 aromatic carbocycles. The molecule has 0 amide bonds. The molecule has 0 bridgehead atoms. The fourth-order valence-electron chi connectivity index (χ4n) is 2.35. The second-order valence-corrected chi connectivity index (χ2v) is 6.55. The number of ether oxygens (including phenoxy) is 2. The van der Waals surface area contributed by atoms with Crippen molar-refractivity contribution in [2.75, 3.05) is 13.7 Å². The first kappa shape index (κ1) is 14.4. The summed E-state index contributed by atoms with van der Waals surface area (Å²) in [5, 5.41) is 3.44. The van der Waals surface area contributed by atoms with Crippen molar-refractivity contribution in [3.8, 4) is 5.75 Å². The average molecular weight is 263 g/mol. The van der Waals surface area contributed by atoms with Crippen LogP contribution in [0.15, 0.2) is 18.2 Å². The van der Waals surface area contributed by atoms with E-state index in [2.05, 4.69) is 51.2 Å². The van der Waals surface area contributed by atoms with Crippen molar-refractivity contribution in [2.24, 2.45) is 0 Å². The highest BCUT2D eigenvalue weighted by molar-refractivity contribution is 5.41. The summed E-state index contributed by atoms with van der Waals surface area (Å²) < 4.78 is 11.3. The molecular weight excluding hydrogens is 238 g/mol. The van der Waals surface area contributed by atoms with Gasteiger partial charge >= 0.3 is 0 Å². The van der Waals surface area contributed by atoms with E-state index in [1.807, 2.05) is 0 Å². The molecule has 3 nitrogen and oxygen atoms in total. The smallest absolute Gasteiger partial charge is 0.123 e.